The fraction of sp³-hybridized carbons (Fsp3) is 0.933. The first kappa shape index (κ1) is 21.0. The molecular formula is C15H31Cl2N3O. The Labute approximate surface area is 141 Å². The summed E-state index contributed by atoms with van der Waals surface area (Å²) in [5.74, 6) is 1.09. The lowest BCUT2D eigenvalue weighted by Crippen LogP contribution is -2.40. The number of nitrogens with two attached hydrogens (primary N) is 1. The molecule has 2 aliphatic rings. The van der Waals surface area contributed by atoms with Crippen molar-refractivity contribution in [3.8, 4) is 0 Å². The van der Waals surface area contributed by atoms with E-state index < -0.39 is 0 Å². The lowest BCUT2D eigenvalue weighted by Gasteiger charge is -2.31. The van der Waals surface area contributed by atoms with Crippen LogP contribution in [0.1, 0.15) is 45.4 Å². The number of piperidine rings is 1. The zero-order valence-corrected chi connectivity index (χ0v) is 14.7. The van der Waals surface area contributed by atoms with Crippen LogP contribution in [0, 0.1) is 11.8 Å². The van der Waals surface area contributed by atoms with Crippen LogP contribution >= 0.6 is 24.8 Å². The van der Waals surface area contributed by atoms with E-state index in [1.165, 1.54) is 38.9 Å². The first-order chi connectivity index (χ1) is 9.19. The Kier molecular flexibility index (Phi) is 10.6. The summed E-state index contributed by atoms with van der Waals surface area (Å²) in [6, 6.07) is 0.244. The third kappa shape index (κ3) is 6.72. The molecule has 2 unspecified atom stereocenters. The maximum absolute atomic E-state index is 12.0. The van der Waals surface area contributed by atoms with Crippen LogP contribution in [0.4, 0.5) is 0 Å². The summed E-state index contributed by atoms with van der Waals surface area (Å²) in [5.41, 5.74) is 5.86. The van der Waals surface area contributed by atoms with Gasteiger partial charge in [-0.1, -0.05) is 6.92 Å². The largest absolute Gasteiger partial charge is 0.356 e. The van der Waals surface area contributed by atoms with E-state index in [0.717, 1.165) is 25.8 Å². The summed E-state index contributed by atoms with van der Waals surface area (Å²) in [6.45, 7) is 6.72. The number of amides is 1. The second-order valence-corrected chi connectivity index (χ2v) is 6.30. The van der Waals surface area contributed by atoms with Gasteiger partial charge in [-0.25, -0.2) is 0 Å². The van der Waals surface area contributed by atoms with Gasteiger partial charge in [0.25, 0.3) is 0 Å². The van der Waals surface area contributed by atoms with E-state index in [1.54, 1.807) is 0 Å². The summed E-state index contributed by atoms with van der Waals surface area (Å²) < 4.78 is 0. The molecule has 1 aliphatic heterocycles. The second-order valence-electron chi connectivity index (χ2n) is 6.30. The Hall–Kier alpha value is -0.0300. The van der Waals surface area contributed by atoms with Crippen molar-refractivity contribution < 1.29 is 4.79 Å². The Morgan fingerprint density at radius 3 is 2.38 bits per heavy atom. The van der Waals surface area contributed by atoms with Crippen LogP contribution in [0.15, 0.2) is 0 Å². The van der Waals surface area contributed by atoms with Gasteiger partial charge >= 0.3 is 0 Å². The second kappa shape index (κ2) is 10.7. The third-order valence-electron chi connectivity index (χ3n) is 4.66. The van der Waals surface area contributed by atoms with Crippen molar-refractivity contribution in [3.05, 3.63) is 0 Å². The molecule has 0 aromatic rings. The van der Waals surface area contributed by atoms with E-state index >= 15 is 0 Å². The standard InChI is InChI=1S/C15H29N3O.2ClH/c1-2-7-18-8-5-12(6-9-18)11-17-15(19)13-3-4-14(16)10-13;;/h12-14H,2-11,16H2,1H3,(H,17,19);2*1H. The van der Waals surface area contributed by atoms with Gasteiger partial charge in [-0.3, -0.25) is 4.79 Å². The molecule has 2 atom stereocenters. The zero-order valence-electron chi connectivity index (χ0n) is 13.1. The number of likely N-dealkylation sites (tertiary alicyclic amines) is 1. The normalized spacial score (nSPS) is 26.8. The summed E-state index contributed by atoms with van der Waals surface area (Å²) in [4.78, 5) is 14.6. The van der Waals surface area contributed by atoms with Crippen LogP contribution in [0.2, 0.25) is 0 Å². The molecule has 6 heteroatoms. The highest BCUT2D eigenvalue weighted by Gasteiger charge is 2.28. The van der Waals surface area contributed by atoms with Crippen molar-refractivity contribution in [3.63, 3.8) is 0 Å². The fourth-order valence-corrected chi connectivity index (χ4v) is 3.37. The van der Waals surface area contributed by atoms with Crippen molar-refractivity contribution in [1.82, 2.24) is 10.2 Å². The topological polar surface area (TPSA) is 58.4 Å². The van der Waals surface area contributed by atoms with Gasteiger partial charge < -0.3 is 16.0 Å². The minimum Gasteiger partial charge on any atom is -0.356 e. The maximum atomic E-state index is 12.0. The van der Waals surface area contributed by atoms with E-state index in [-0.39, 0.29) is 42.7 Å². The number of hydrogen-bond acceptors (Lipinski definition) is 3. The van der Waals surface area contributed by atoms with E-state index in [4.69, 9.17) is 5.73 Å². The number of nitrogens with one attached hydrogen (secondary N) is 1. The molecule has 2 fully saturated rings. The third-order valence-corrected chi connectivity index (χ3v) is 4.66. The molecule has 2 rings (SSSR count). The monoisotopic (exact) mass is 339 g/mol. The van der Waals surface area contributed by atoms with Crippen LogP contribution < -0.4 is 11.1 Å². The smallest absolute Gasteiger partial charge is 0.223 e. The van der Waals surface area contributed by atoms with Gasteiger partial charge in [0.2, 0.25) is 5.91 Å². The van der Waals surface area contributed by atoms with Gasteiger partial charge in [-0.2, -0.15) is 0 Å². The molecule has 4 nitrogen and oxygen atoms in total. The molecule has 0 aromatic carbocycles. The maximum Gasteiger partial charge on any atom is 0.223 e. The SMILES string of the molecule is CCCN1CCC(CNC(=O)C2CCC(N)C2)CC1.Cl.Cl. The van der Waals surface area contributed by atoms with Crippen LogP contribution in [0.5, 0.6) is 0 Å². The van der Waals surface area contributed by atoms with E-state index in [0.29, 0.717) is 5.92 Å². The van der Waals surface area contributed by atoms with Crippen LogP contribution in [-0.2, 0) is 4.79 Å². The summed E-state index contributed by atoms with van der Waals surface area (Å²) >= 11 is 0. The lowest BCUT2D eigenvalue weighted by molar-refractivity contribution is -0.125. The average molecular weight is 340 g/mol. The van der Waals surface area contributed by atoms with Crippen molar-refractivity contribution in [2.75, 3.05) is 26.2 Å². The Balaban J connectivity index is 0.00000200. The molecule has 0 bridgehead atoms. The number of halogens is 2. The highest BCUT2D eigenvalue weighted by Crippen LogP contribution is 2.24. The van der Waals surface area contributed by atoms with Gasteiger partial charge in [0.15, 0.2) is 0 Å². The molecule has 1 amide bonds. The van der Waals surface area contributed by atoms with Gasteiger partial charge in [-0.05, 0) is 64.1 Å². The Bertz CT molecular complexity index is 297. The van der Waals surface area contributed by atoms with Crippen LogP contribution in [0.25, 0.3) is 0 Å². The van der Waals surface area contributed by atoms with Crippen molar-refractivity contribution in [2.45, 2.75) is 51.5 Å². The first-order valence-electron chi connectivity index (χ1n) is 7.94. The predicted octanol–water partition coefficient (Wildman–Crippen LogP) is 2.20. The number of rotatable bonds is 5. The molecule has 0 spiro atoms. The lowest BCUT2D eigenvalue weighted by atomic mass is 9.96. The highest BCUT2D eigenvalue weighted by molar-refractivity contribution is 5.85. The molecule has 1 heterocycles. The molecule has 0 aromatic heterocycles. The quantitative estimate of drug-likeness (QED) is 0.807. The predicted molar refractivity (Wildman–Crippen MR) is 92.3 cm³/mol. The number of hydrogen-bond donors (Lipinski definition) is 2. The van der Waals surface area contributed by atoms with Gasteiger partial charge in [-0.15, -0.1) is 24.8 Å². The number of nitrogens with zero attached hydrogens (tertiary/aromatic N) is 1. The fourth-order valence-electron chi connectivity index (χ4n) is 3.37. The first-order valence-corrected chi connectivity index (χ1v) is 7.94. The van der Waals surface area contributed by atoms with E-state index in [2.05, 4.69) is 17.1 Å². The minimum absolute atomic E-state index is 0. The van der Waals surface area contributed by atoms with Gasteiger partial charge in [0, 0.05) is 18.5 Å². The van der Waals surface area contributed by atoms with Crippen molar-refractivity contribution in [1.29, 1.82) is 0 Å². The van der Waals surface area contributed by atoms with Gasteiger partial charge in [0.1, 0.15) is 0 Å². The zero-order chi connectivity index (χ0) is 13.7. The van der Waals surface area contributed by atoms with E-state index in [1.807, 2.05) is 0 Å². The van der Waals surface area contributed by atoms with Crippen LogP contribution in [-0.4, -0.2) is 43.0 Å². The van der Waals surface area contributed by atoms with Crippen molar-refractivity contribution in [2.24, 2.45) is 17.6 Å². The average Bonchev–Trinajstić information content (AvgIpc) is 2.85. The highest BCUT2D eigenvalue weighted by atomic mass is 35.5. The molecule has 1 aliphatic carbocycles. The molecule has 126 valence electrons. The number of carbonyl (C=O) groups is 1. The molecular weight excluding hydrogens is 309 g/mol. The molecule has 1 saturated carbocycles. The molecule has 21 heavy (non-hydrogen) atoms. The molecule has 3 N–H and O–H groups in total. The minimum atomic E-state index is 0. The van der Waals surface area contributed by atoms with E-state index in [9.17, 15) is 4.79 Å². The molecule has 0 radical (unpaired) electrons. The van der Waals surface area contributed by atoms with Crippen molar-refractivity contribution >= 4 is 30.7 Å². The Morgan fingerprint density at radius 1 is 1.19 bits per heavy atom. The summed E-state index contributed by atoms with van der Waals surface area (Å²) in [5, 5.41) is 3.15. The Morgan fingerprint density at radius 2 is 1.86 bits per heavy atom. The molecule has 1 saturated heterocycles. The van der Waals surface area contributed by atoms with Gasteiger partial charge in [0.05, 0.1) is 0 Å². The summed E-state index contributed by atoms with van der Waals surface area (Å²) in [7, 11) is 0. The summed E-state index contributed by atoms with van der Waals surface area (Å²) in [6.07, 6.45) is 6.55. The van der Waals surface area contributed by atoms with Crippen LogP contribution in [0.3, 0.4) is 0 Å². The number of carbonyl (C=O) groups excluding carboxylic acids is 1.